The molecule has 5 N–H and O–H groups in total. The Morgan fingerprint density at radius 1 is 1.19 bits per heavy atom. The first-order valence-corrected chi connectivity index (χ1v) is 10.3. The Bertz CT molecular complexity index is 711. The molecule has 0 spiro atoms. The average Bonchev–Trinajstić information content (AvgIpc) is 2.67. The summed E-state index contributed by atoms with van der Waals surface area (Å²) in [6.45, 7) is 3.54. The number of aromatic nitrogens is 1. The summed E-state index contributed by atoms with van der Waals surface area (Å²) in [5.74, 6) is -1.14. The number of rotatable bonds is 10. The van der Waals surface area contributed by atoms with Crippen molar-refractivity contribution in [3.8, 4) is 0 Å². The maximum absolute atomic E-state index is 12.7. The van der Waals surface area contributed by atoms with Crippen LogP contribution in [0.25, 0.3) is 0 Å². The Morgan fingerprint density at radius 2 is 1.84 bits per heavy atom. The fraction of sp³-hybridized carbons (Fsp3) is 0.684. The lowest BCUT2D eigenvalue weighted by Gasteiger charge is -2.45. The van der Waals surface area contributed by atoms with Crippen molar-refractivity contribution in [3.63, 3.8) is 0 Å². The molecule has 2 unspecified atom stereocenters. The predicted octanol–water partition coefficient (Wildman–Crippen LogP) is 1.36. The average molecular weight is 446 g/mol. The van der Waals surface area contributed by atoms with Crippen LogP contribution in [-0.2, 0) is 11.0 Å². The molecule has 1 aromatic rings. The van der Waals surface area contributed by atoms with Crippen molar-refractivity contribution in [2.24, 2.45) is 5.73 Å². The number of anilines is 1. The number of halogens is 3. The smallest absolute Gasteiger partial charge is 0.471 e. The molecule has 1 aliphatic rings. The number of carbonyl (C=O) groups is 1. The zero-order chi connectivity index (χ0) is 23.2. The van der Waals surface area contributed by atoms with Crippen LogP contribution >= 0.6 is 0 Å². The van der Waals surface area contributed by atoms with Gasteiger partial charge in [-0.05, 0) is 31.9 Å². The van der Waals surface area contributed by atoms with Gasteiger partial charge in [0.15, 0.2) is 0 Å². The molecule has 31 heavy (non-hydrogen) atoms. The van der Waals surface area contributed by atoms with E-state index in [0.717, 1.165) is 12.3 Å². The van der Waals surface area contributed by atoms with Crippen LogP contribution < -0.4 is 10.6 Å². The SMILES string of the molecule is CC(N)(CCCCCC(=O)O)C(B(O)O)N1CCN(c2ccc(C(F)(F)F)cn2)CC1. The van der Waals surface area contributed by atoms with Gasteiger partial charge in [-0.3, -0.25) is 9.69 Å². The lowest BCUT2D eigenvalue weighted by Crippen LogP contribution is -2.66. The fourth-order valence-corrected chi connectivity index (χ4v) is 4.02. The summed E-state index contributed by atoms with van der Waals surface area (Å²) in [6.07, 6.45) is -1.16. The van der Waals surface area contributed by atoms with Crippen LogP contribution in [0.15, 0.2) is 18.3 Å². The third-order valence-electron chi connectivity index (χ3n) is 5.67. The van der Waals surface area contributed by atoms with E-state index in [1.807, 2.05) is 9.80 Å². The zero-order valence-electron chi connectivity index (χ0n) is 17.6. The fourth-order valence-electron chi connectivity index (χ4n) is 4.02. The van der Waals surface area contributed by atoms with Gasteiger partial charge in [-0.2, -0.15) is 13.2 Å². The van der Waals surface area contributed by atoms with Crippen LogP contribution in [0, 0.1) is 0 Å². The van der Waals surface area contributed by atoms with E-state index in [9.17, 15) is 28.0 Å². The maximum Gasteiger partial charge on any atom is 0.471 e. The van der Waals surface area contributed by atoms with Crippen molar-refractivity contribution >= 4 is 18.9 Å². The first-order valence-electron chi connectivity index (χ1n) is 10.3. The number of piperazine rings is 1. The minimum atomic E-state index is -4.44. The number of nitrogens with two attached hydrogens (primary N) is 1. The van der Waals surface area contributed by atoms with Crippen molar-refractivity contribution in [2.45, 2.75) is 56.7 Å². The monoisotopic (exact) mass is 446 g/mol. The molecule has 0 aliphatic carbocycles. The number of carboxylic acids is 1. The third kappa shape index (κ3) is 7.34. The Labute approximate surface area is 180 Å². The van der Waals surface area contributed by atoms with Gasteiger partial charge in [0.05, 0.1) is 11.5 Å². The molecule has 2 rings (SSSR count). The van der Waals surface area contributed by atoms with E-state index in [2.05, 4.69) is 4.98 Å². The van der Waals surface area contributed by atoms with E-state index in [1.165, 1.54) is 6.07 Å². The number of nitrogens with zero attached hydrogens (tertiary/aromatic N) is 3. The zero-order valence-corrected chi connectivity index (χ0v) is 17.6. The van der Waals surface area contributed by atoms with E-state index < -0.39 is 36.3 Å². The highest BCUT2D eigenvalue weighted by molar-refractivity contribution is 6.43. The van der Waals surface area contributed by atoms with Gasteiger partial charge in [0.25, 0.3) is 0 Å². The molecule has 174 valence electrons. The third-order valence-corrected chi connectivity index (χ3v) is 5.67. The Hall–Kier alpha value is -1.89. The second-order valence-corrected chi connectivity index (χ2v) is 8.24. The largest absolute Gasteiger partial charge is 0.481 e. The molecule has 0 radical (unpaired) electrons. The highest BCUT2D eigenvalue weighted by atomic mass is 19.4. The van der Waals surface area contributed by atoms with Gasteiger partial charge in [-0.15, -0.1) is 0 Å². The molecule has 12 heteroatoms. The quantitative estimate of drug-likeness (QED) is 0.314. The molecule has 1 saturated heterocycles. The van der Waals surface area contributed by atoms with Crippen molar-refractivity contribution < 1.29 is 33.1 Å². The van der Waals surface area contributed by atoms with Crippen LogP contribution in [0.4, 0.5) is 19.0 Å². The van der Waals surface area contributed by atoms with E-state index in [4.69, 9.17) is 10.8 Å². The molecule has 0 amide bonds. The van der Waals surface area contributed by atoms with Crippen molar-refractivity contribution in [1.29, 1.82) is 0 Å². The normalized spacial score (nSPS) is 18.5. The first-order chi connectivity index (χ1) is 14.4. The van der Waals surface area contributed by atoms with Crippen LogP contribution in [0.2, 0.25) is 0 Å². The number of hydrogen-bond donors (Lipinski definition) is 4. The number of carboxylic acid groups (broad SMARTS) is 1. The molecule has 1 aliphatic heterocycles. The van der Waals surface area contributed by atoms with Gasteiger partial charge >= 0.3 is 19.3 Å². The molecule has 0 aromatic carbocycles. The lowest BCUT2D eigenvalue weighted by atomic mass is 9.65. The minimum absolute atomic E-state index is 0.0906. The summed E-state index contributed by atoms with van der Waals surface area (Å²) >= 11 is 0. The molecule has 2 heterocycles. The molecule has 1 aromatic heterocycles. The summed E-state index contributed by atoms with van der Waals surface area (Å²) in [7, 11) is -1.66. The standard InChI is InChI=1S/C19H30BF3N4O4/c1-18(24,8-4-2-3-5-16(28)29)17(20(30)31)27-11-9-26(10-12-27)15-7-6-14(13-25-15)19(21,22)23/h6-7,13,17,30-31H,2-5,8-12,24H2,1H3,(H,28,29). The van der Waals surface area contributed by atoms with Crippen LogP contribution in [0.5, 0.6) is 0 Å². The van der Waals surface area contributed by atoms with E-state index in [-0.39, 0.29) is 6.42 Å². The van der Waals surface area contributed by atoms with Gasteiger partial charge in [0, 0.05) is 44.3 Å². The van der Waals surface area contributed by atoms with Crippen molar-refractivity contribution in [3.05, 3.63) is 23.9 Å². The lowest BCUT2D eigenvalue weighted by molar-refractivity contribution is -0.138. The first kappa shape index (κ1) is 25.4. The highest BCUT2D eigenvalue weighted by Gasteiger charge is 2.43. The summed E-state index contributed by atoms with van der Waals surface area (Å²) < 4.78 is 38.1. The molecule has 2 atom stereocenters. The summed E-state index contributed by atoms with van der Waals surface area (Å²) in [6, 6.07) is 2.33. The molecule has 8 nitrogen and oxygen atoms in total. The maximum atomic E-state index is 12.7. The molecule has 0 bridgehead atoms. The van der Waals surface area contributed by atoms with Gasteiger partial charge in [0.1, 0.15) is 5.82 Å². The number of alkyl halides is 3. The molecular formula is C19H30BF3N4O4. The topological polar surface area (TPSA) is 123 Å². The van der Waals surface area contributed by atoms with E-state index >= 15 is 0 Å². The second kappa shape index (κ2) is 10.6. The van der Waals surface area contributed by atoms with Crippen molar-refractivity contribution in [2.75, 3.05) is 31.1 Å². The van der Waals surface area contributed by atoms with E-state index in [1.54, 1.807) is 6.92 Å². The molecule has 1 fully saturated rings. The van der Waals surface area contributed by atoms with Crippen LogP contribution in [0.1, 0.15) is 44.6 Å². The number of aliphatic carboxylic acids is 1. The number of pyridine rings is 1. The summed E-state index contributed by atoms with van der Waals surface area (Å²) in [5, 5.41) is 28.7. The van der Waals surface area contributed by atoms with Gasteiger partial charge < -0.3 is 25.8 Å². The minimum Gasteiger partial charge on any atom is -0.481 e. The molecule has 0 saturated carbocycles. The predicted molar refractivity (Wildman–Crippen MR) is 110 cm³/mol. The van der Waals surface area contributed by atoms with Crippen molar-refractivity contribution in [1.82, 2.24) is 9.88 Å². The summed E-state index contributed by atoms with van der Waals surface area (Å²) in [5.41, 5.74) is 4.71. The Morgan fingerprint density at radius 3 is 2.32 bits per heavy atom. The molecular weight excluding hydrogens is 416 g/mol. The number of unbranched alkanes of at least 4 members (excludes halogenated alkanes) is 2. The highest BCUT2D eigenvalue weighted by Crippen LogP contribution is 2.30. The second-order valence-electron chi connectivity index (χ2n) is 8.24. The Balaban J connectivity index is 1.93. The van der Waals surface area contributed by atoms with Gasteiger partial charge in [-0.1, -0.05) is 12.8 Å². The summed E-state index contributed by atoms with van der Waals surface area (Å²) in [4.78, 5) is 18.2. The van der Waals surface area contributed by atoms with E-state index in [0.29, 0.717) is 57.7 Å². The van der Waals surface area contributed by atoms with Crippen LogP contribution in [-0.4, -0.2) is 75.8 Å². The Kier molecular flexibility index (Phi) is 8.69. The van der Waals surface area contributed by atoms with Crippen LogP contribution in [0.3, 0.4) is 0 Å². The number of hydrogen-bond acceptors (Lipinski definition) is 7. The van der Waals surface area contributed by atoms with Gasteiger partial charge in [-0.25, -0.2) is 4.98 Å². The van der Waals surface area contributed by atoms with Gasteiger partial charge in [0.2, 0.25) is 0 Å².